The van der Waals surface area contributed by atoms with E-state index in [0.29, 0.717) is 49.9 Å². The first-order chi connectivity index (χ1) is 54.5. The average Bonchev–Trinajstić information content (AvgIpc) is 0.687. The van der Waals surface area contributed by atoms with Crippen molar-refractivity contribution in [1.82, 2.24) is 0 Å². The summed E-state index contributed by atoms with van der Waals surface area (Å²) in [6, 6.07) is 94.9. The molecule has 0 saturated heterocycles. The second-order valence-electron chi connectivity index (χ2n) is 29.6. The van der Waals surface area contributed by atoms with Gasteiger partial charge in [-0.1, -0.05) is 306 Å². The Morgan fingerprint density at radius 2 is 0.904 bits per heavy atom. The maximum Gasteiger partial charge on any atom is 0.252 e. The number of allylic oxidation sites excluding steroid dienone is 2. The second kappa shape index (κ2) is 26.1. The minimum Gasteiger partial charge on any atom is -0.342 e. The van der Waals surface area contributed by atoms with Gasteiger partial charge in [-0.3, -0.25) is 0 Å². The standard InChI is InChI=1S/C101H79BN2/c1-101(2,3)66-67-56-96-100-97(57-67)104(55-53-83-89(73-38-21-9-22-39-73)61-81(70-32-15-6-16-33-70)62-90(83)74-40-23-10-24-41-74)95-65-77(79-58-78-44-27-46-85-84-45-25-42-75-43-26-47-86(98(75)84)91(63-79)99(78)85)48-50-92(95)102(100)93-64-76(68-28-11-4-12-29-68)49-51-94(93)103(96)54-52-82-87(71-34-17-7-18-35-71)59-80(69-30-13-5-14-31-69)60-88(82)72-36-19-8-20-37-72/h4-46,48-51,56-57,59-65H,47,52-55,58,66H2,1-3H3/i4D,11D,12D,28D,29D,49D,51D,64D. The van der Waals surface area contributed by atoms with E-state index >= 15 is 0 Å². The molecule has 0 unspecified atom stereocenters. The quantitative estimate of drug-likeness (QED) is 0.0746. The van der Waals surface area contributed by atoms with E-state index in [0.717, 1.165) is 118 Å². The molecule has 2 nitrogen and oxygen atoms in total. The Bertz CT molecular complexity index is 6270. The van der Waals surface area contributed by atoms with Crippen LogP contribution >= 0.6 is 0 Å². The molecule has 15 aromatic rings. The van der Waals surface area contributed by atoms with Crippen LogP contribution < -0.4 is 26.2 Å². The van der Waals surface area contributed by atoms with Gasteiger partial charge in [-0.25, -0.2) is 0 Å². The summed E-state index contributed by atoms with van der Waals surface area (Å²) in [6.07, 6.45) is 10.3. The predicted molar refractivity (Wildman–Crippen MR) is 445 cm³/mol. The number of hydrogen-bond donors (Lipinski definition) is 0. The zero-order chi connectivity index (χ0) is 76.4. The zero-order valence-corrected chi connectivity index (χ0v) is 58.6. The molecule has 0 radical (unpaired) electrons. The molecule has 496 valence electrons. The van der Waals surface area contributed by atoms with E-state index in [-0.39, 0.29) is 34.7 Å². The van der Waals surface area contributed by atoms with Crippen molar-refractivity contribution in [3.63, 3.8) is 0 Å². The van der Waals surface area contributed by atoms with Crippen molar-refractivity contribution in [3.05, 3.63) is 372 Å². The minimum absolute atomic E-state index is 0.154. The normalized spacial score (nSPS) is 14.3. The lowest BCUT2D eigenvalue weighted by Gasteiger charge is -2.45. The Morgan fingerprint density at radius 3 is 1.43 bits per heavy atom. The molecule has 19 rings (SSSR count). The second-order valence-corrected chi connectivity index (χ2v) is 29.6. The first kappa shape index (κ1) is 54.7. The zero-order valence-electron chi connectivity index (χ0n) is 66.6. The van der Waals surface area contributed by atoms with Crippen molar-refractivity contribution in [2.24, 2.45) is 5.41 Å². The van der Waals surface area contributed by atoms with E-state index in [1.807, 2.05) is 18.2 Å². The third kappa shape index (κ3) is 11.3. The van der Waals surface area contributed by atoms with Crippen LogP contribution in [-0.2, 0) is 32.1 Å². The molecule has 2 aliphatic carbocycles. The third-order valence-electron chi connectivity index (χ3n) is 21.9. The average molecular weight is 1340 g/mol. The molecule has 2 heterocycles. The minimum atomic E-state index is -0.758. The van der Waals surface area contributed by atoms with E-state index in [4.69, 9.17) is 4.11 Å². The van der Waals surface area contributed by atoms with Gasteiger partial charge < -0.3 is 9.80 Å². The van der Waals surface area contributed by atoms with Gasteiger partial charge in [0.05, 0.1) is 11.0 Å². The summed E-state index contributed by atoms with van der Waals surface area (Å²) in [5.74, 6) is 0. The van der Waals surface area contributed by atoms with E-state index < -0.39 is 36.9 Å². The molecule has 0 aromatic heterocycles. The molecule has 0 N–H and O–H groups in total. The number of fused-ring (bicyclic) bond motifs is 6. The number of anilines is 4. The van der Waals surface area contributed by atoms with Gasteiger partial charge in [0.2, 0.25) is 0 Å². The fourth-order valence-corrected chi connectivity index (χ4v) is 17.4. The topological polar surface area (TPSA) is 6.48 Å². The summed E-state index contributed by atoms with van der Waals surface area (Å²) in [5.41, 5.74) is 28.6. The Hall–Kier alpha value is -12.0. The fourth-order valence-electron chi connectivity index (χ4n) is 17.4. The molecule has 2 aliphatic heterocycles. The number of rotatable bonds is 15. The molecule has 15 aromatic carbocycles. The van der Waals surface area contributed by atoms with Gasteiger partial charge in [-0.15, -0.1) is 0 Å². The van der Waals surface area contributed by atoms with Crippen LogP contribution in [0, 0.1) is 5.41 Å². The van der Waals surface area contributed by atoms with E-state index in [1.165, 1.54) is 54.9 Å². The molecule has 0 amide bonds. The van der Waals surface area contributed by atoms with Gasteiger partial charge in [-0.2, -0.15) is 0 Å². The van der Waals surface area contributed by atoms with Gasteiger partial charge in [0.1, 0.15) is 0 Å². The number of benzene rings is 15. The van der Waals surface area contributed by atoms with Crippen molar-refractivity contribution in [1.29, 1.82) is 0 Å². The van der Waals surface area contributed by atoms with E-state index in [1.54, 1.807) is 0 Å². The summed E-state index contributed by atoms with van der Waals surface area (Å²) >= 11 is 0. The van der Waals surface area contributed by atoms with Crippen molar-refractivity contribution >= 4 is 85.1 Å². The Balaban J connectivity index is 0.887. The van der Waals surface area contributed by atoms with E-state index in [9.17, 15) is 6.85 Å². The first-order valence-corrected chi connectivity index (χ1v) is 36.6. The molecular formula is C101H79BN2. The first-order valence-electron chi connectivity index (χ1n) is 40.6. The summed E-state index contributed by atoms with van der Waals surface area (Å²) < 4.78 is 78.5. The number of hydrogen-bond acceptors (Lipinski definition) is 2. The van der Waals surface area contributed by atoms with Gasteiger partial charge in [0.25, 0.3) is 6.71 Å². The van der Waals surface area contributed by atoms with Crippen LogP contribution in [0.1, 0.15) is 76.2 Å². The molecule has 0 bridgehead atoms. The highest BCUT2D eigenvalue weighted by atomic mass is 15.2. The van der Waals surface area contributed by atoms with Crippen LogP contribution in [0.2, 0.25) is 0 Å². The van der Waals surface area contributed by atoms with Crippen LogP contribution in [0.3, 0.4) is 0 Å². The van der Waals surface area contributed by atoms with Gasteiger partial charge in [-0.05, 0) is 258 Å². The van der Waals surface area contributed by atoms with Crippen LogP contribution in [0.5, 0.6) is 0 Å². The highest BCUT2D eigenvalue weighted by Crippen LogP contribution is 2.48. The molecule has 0 fully saturated rings. The maximum absolute atomic E-state index is 11.1. The Morgan fingerprint density at radius 1 is 0.404 bits per heavy atom. The highest BCUT2D eigenvalue weighted by molar-refractivity contribution is 7.00. The summed E-state index contributed by atoms with van der Waals surface area (Å²) in [6.45, 7) is 6.89. The molecule has 0 atom stereocenters. The highest BCUT2D eigenvalue weighted by Gasteiger charge is 2.44. The fraction of sp³-hybridized carbons (Fsp3) is 0.109. The molecule has 0 saturated carbocycles. The molecule has 0 spiro atoms. The van der Waals surface area contributed by atoms with E-state index in [2.05, 4.69) is 304 Å². The molecule has 3 heteroatoms. The molecule has 104 heavy (non-hydrogen) atoms. The predicted octanol–water partition coefficient (Wildman–Crippen LogP) is 23.8. The van der Waals surface area contributed by atoms with Crippen LogP contribution in [0.15, 0.2) is 327 Å². The SMILES string of the molecule is [2H]c1c([2H])c([2H])c(-c2c([2H])c([2H])c3c(c2[2H])B2c4ccc(C5=Cc6c7c8c(cccc8c8cccc(c68)C5)C=CC7)cc4N(CCc4c(-c5ccccc5)cc(-c5ccccc5)cc4-c4ccccc4)c4cc(CC(C)(C)C)cc(c42)N3CCc2c(-c3ccccc3)cc(-c3ccccc3)cc2-c2ccccc2)c([2H])c1[2H]. The van der Waals surface area contributed by atoms with Gasteiger partial charge >= 0.3 is 0 Å². The van der Waals surface area contributed by atoms with Crippen molar-refractivity contribution in [2.75, 3.05) is 22.9 Å². The smallest absolute Gasteiger partial charge is 0.252 e. The summed E-state index contributed by atoms with van der Waals surface area (Å²) in [5, 5.41) is 5.14. The Kier molecular flexibility index (Phi) is 13.7. The van der Waals surface area contributed by atoms with Crippen LogP contribution in [0.4, 0.5) is 22.7 Å². The van der Waals surface area contributed by atoms with Crippen LogP contribution in [-0.4, -0.2) is 19.8 Å². The number of nitrogens with zero attached hydrogens (tertiary/aromatic N) is 2. The lowest BCUT2D eigenvalue weighted by molar-refractivity contribution is 0.411. The Labute approximate surface area is 623 Å². The monoisotopic (exact) mass is 1340 g/mol. The largest absolute Gasteiger partial charge is 0.342 e. The van der Waals surface area contributed by atoms with Crippen molar-refractivity contribution < 1.29 is 11.0 Å². The van der Waals surface area contributed by atoms with Crippen LogP contribution in [0.25, 0.3) is 117 Å². The van der Waals surface area contributed by atoms with Gasteiger partial charge in [0.15, 0.2) is 0 Å². The lowest BCUT2D eigenvalue weighted by Crippen LogP contribution is -2.62. The lowest BCUT2D eigenvalue weighted by atomic mass is 9.33. The van der Waals surface area contributed by atoms with Crippen molar-refractivity contribution in [3.8, 4) is 77.9 Å². The molecule has 4 aliphatic rings. The van der Waals surface area contributed by atoms with Gasteiger partial charge in [0, 0.05) is 35.8 Å². The maximum atomic E-state index is 11.1. The summed E-state index contributed by atoms with van der Waals surface area (Å²) in [7, 11) is 0. The molecular weight excluding hydrogens is 1250 g/mol. The summed E-state index contributed by atoms with van der Waals surface area (Å²) in [4.78, 5) is 4.80. The third-order valence-corrected chi connectivity index (χ3v) is 21.9. The van der Waals surface area contributed by atoms with Crippen molar-refractivity contribution in [2.45, 2.75) is 52.9 Å².